The summed E-state index contributed by atoms with van der Waals surface area (Å²) in [6.45, 7) is -0.413. The van der Waals surface area contributed by atoms with E-state index in [1.54, 1.807) is 0 Å². The molecular weight excluding hydrogens is 314 g/mol. The van der Waals surface area contributed by atoms with Gasteiger partial charge in [-0.3, -0.25) is 4.79 Å². The topological polar surface area (TPSA) is 62.5 Å². The fourth-order valence-electron chi connectivity index (χ4n) is 2.45. The first-order valence-corrected chi connectivity index (χ1v) is 7.39. The van der Waals surface area contributed by atoms with Gasteiger partial charge < -0.3 is 14.8 Å². The van der Waals surface area contributed by atoms with Crippen LogP contribution >= 0.6 is 11.6 Å². The summed E-state index contributed by atoms with van der Waals surface area (Å²) in [6.07, 6.45) is 1.27. The highest BCUT2D eigenvalue weighted by Crippen LogP contribution is 2.25. The Balaban J connectivity index is 2.19. The van der Waals surface area contributed by atoms with E-state index in [2.05, 4.69) is 0 Å². The van der Waals surface area contributed by atoms with E-state index in [1.165, 1.54) is 10.8 Å². The van der Waals surface area contributed by atoms with Crippen molar-refractivity contribution in [3.8, 4) is 22.6 Å². The standard InChI is InChI=1S/C18H14ClNO3/c19-17-15(11-21)20(10-16(22)18(17)23)14-8-4-7-13(9-14)12-5-2-1-3-6-12/h1-10,21-22H,11H2. The van der Waals surface area contributed by atoms with Crippen LogP contribution in [0.4, 0.5) is 0 Å². The molecule has 5 heteroatoms. The van der Waals surface area contributed by atoms with E-state index in [0.29, 0.717) is 5.69 Å². The van der Waals surface area contributed by atoms with E-state index in [0.717, 1.165) is 11.1 Å². The van der Waals surface area contributed by atoms with Crippen molar-refractivity contribution in [1.82, 2.24) is 4.57 Å². The zero-order chi connectivity index (χ0) is 16.4. The lowest BCUT2D eigenvalue weighted by atomic mass is 10.1. The zero-order valence-corrected chi connectivity index (χ0v) is 12.9. The maximum Gasteiger partial charge on any atom is 0.242 e. The Kier molecular flexibility index (Phi) is 4.19. The second kappa shape index (κ2) is 6.28. The van der Waals surface area contributed by atoms with Gasteiger partial charge in [-0.15, -0.1) is 0 Å². The SMILES string of the molecule is O=c1c(O)cn(-c2cccc(-c3ccccc3)c2)c(CO)c1Cl. The largest absolute Gasteiger partial charge is 0.503 e. The molecule has 0 saturated heterocycles. The molecule has 4 nitrogen and oxygen atoms in total. The third kappa shape index (κ3) is 2.86. The lowest BCUT2D eigenvalue weighted by Gasteiger charge is -2.15. The molecule has 2 N–H and O–H groups in total. The van der Waals surface area contributed by atoms with Crippen molar-refractivity contribution >= 4 is 11.6 Å². The Morgan fingerprint density at radius 2 is 1.70 bits per heavy atom. The van der Waals surface area contributed by atoms with Gasteiger partial charge in [0.2, 0.25) is 5.43 Å². The van der Waals surface area contributed by atoms with Gasteiger partial charge in [0.15, 0.2) is 5.75 Å². The van der Waals surface area contributed by atoms with Gasteiger partial charge in [0.25, 0.3) is 0 Å². The predicted octanol–water partition coefficient (Wildman–Crippen LogP) is 3.36. The molecule has 0 amide bonds. The summed E-state index contributed by atoms with van der Waals surface area (Å²) in [6, 6.07) is 17.3. The summed E-state index contributed by atoms with van der Waals surface area (Å²) in [5, 5.41) is 19.1. The highest BCUT2D eigenvalue weighted by atomic mass is 35.5. The summed E-state index contributed by atoms with van der Waals surface area (Å²) >= 11 is 5.96. The molecule has 0 bridgehead atoms. The van der Waals surface area contributed by atoms with Crippen LogP contribution in [-0.2, 0) is 6.61 Å². The smallest absolute Gasteiger partial charge is 0.242 e. The molecule has 0 spiro atoms. The van der Waals surface area contributed by atoms with Crippen LogP contribution in [0.3, 0.4) is 0 Å². The molecule has 0 aliphatic carbocycles. The van der Waals surface area contributed by atoms with Crippen molar-refractivity contribution in [2.24, 2.45) is 0 Å². The summed E-state index contributed by atoms with van der Waals surface area (Å²) < 4.78 is 1.52. The first-order chi connectivity index (χ1) is 11.1. The lowest BCUT2D eigenvalue weighted by molar-refractivity contribution is 0.273. The lowest BCUT2D eigenvalue weighted by Crippen LogP contribution is -2.13. The molecule has 0 unspecified atom stereocenters. The van der Waals surface area contributed by atoms with Crippen LogP contribution in [0.5, 0.6) is 5.75 Å². The van der Waals surface area contributed by atoms with Crippen molar-refractivity contribution < 1.29 is 10.2 Å². The number of rotatable bonds is 3. The number of aliphatic hydroxyl groups is 1. The molecule has 116 valence electrons. The van der Waals surface area contributed by atoms with Gasteiger partial charge in [0, 0.05) is 5.69 Å². The number of aromatic nitrogens is 1. The minimum absolute atomic E-state index is 0.183. The van der Waals surface area contributed by atoms with Gasteiger partial charge in [-0.05, 0) is 23.3 Å². The van der Waals surface area contributed by atoms with E-state index in [-0.39, 0.29) is 10.7 Å². The number of pyridine rings is 1. The molecule has 0 fully saturated rings. The first-order valence-electron chi connectivity index (χ1n) is 7.01. The van der Waals surface area contributed by atoms with Crippen molar-refractivity contribution in [1.29, 1.82) is 0 Å². The van der Waals surface area contributed by atoms with Crippen LogP contribution in [0, 0.1) is 0 Å². The molecule has 0 aliphatic heterocycles. The average Bonchev–Trinajstić information content (AvgIpc) is 2.60. The maximum atomic E-state index is 11.7. The number of hydrogen-bond acceptors (Lipinski definition) is 3. The third-order valence-electron chi connectivity index (χ3n) is 3.61. The molecule has 1 heterocycles. The minimum Gasteiger partial charge on any atom is -0.503 e. The van der Waals surface area contributed by atoms with Gasteiger partial charge in [0.05, 0.1) is 18.5 Å². The van der Waals surface area contributed by atoms with Crippen LogP contribution < -0.4 is 5.43 Å². The van der Waals surface area contributed by atoms with Crippen LogP contribution in [-0.4, -0.2) is 14.8 Å². The first kappa shape index (κ1) is 15.3. The van der Waals surface area contributed by atoms with Crippen molar-refractivity contribution in [3.05, 3.63) is 81.7 Å². The van der Waals surface area contributed by atoms with Gasteiger partial charge in [0.1, 0.15) is 5.02 Å². The predicted molar refractivity (Wildman–Crippen MR) is 90.1 cm³/mol. The normalized spacial score (nSPS) is 10.7. The van der Waals surface area contributed by atoms with E-state index < -0.39 is 17.8 Å². The molecule has 1 aromatic heterocycles. The Hall–Kier alpha value is -2.56. The average molecular weight is 328 g/mol. The Labute approximate surface area is 137 Å². The molecular formula is C18H14ClNO3. The van der Waals surface area contributed by atoms with Crippen LogP contribution in [0.25, 0.3) is 16.8 Å². The number of nitrogens with zero attached hydrogens (tertiary/aromatic N) is 1. The Morgan fingerprint density at radius 3 is 2.39 bits per heavy atom. The molecule has 3 rings (SSSR count). The van der Waals surface area contributed by atoms with Crippen molar-refractivity contribution in [2.75, 3.05) is 0 Å². The van der Waals surface area contributed by atoms with Gasteiger partial charge in [-0.25, -0.2) is 0 Å². The molecule has 23 heavy (non-hydrogen) atoms. The molecule has 0 atom stereocenters. The zero-order valence-electron chi connectivity index (χ0n) is 12.1. The van der Waals surface area contributed by atoms with E-state index in [9.17, 15) is 15.0 Å². The Morgan fingerprint density at radius 1 is 1.00 bits per heavy atom. The number of halogens is 1. The van der Waals surface area contributed by atoms with Crippen LogP contribution in [0.15, 0.2) is 65.6 Å². The van der Waals surface area contributed by atoms with Gasteiger partial charge in [-0.1, -0.05) is 54.1 Å². The summed E-state index contributed by atoms with van der Waals surface area (Å²) in [5.41, 5.74) is 2.25. The fraction of sp³-hybridized carbons (Fsp3) is 0.0556. The van der Waals surface area contributed by atoms with Crippen molar-refractivity contribution in [2.45, 2.75) is 6.61 Å². The number of aromatic hydroxyl groups is 1. The fourth-order valence-corrected chi connectivity index (χ4v) is 2.70. The molecule has 0 radical (unpaired) electrons. The van der Waals surface area contributed by atoms with E-state index >= 15 is 0 Å². The summed E-state index contributed by atoms with van der Waals surface area (Å²) in [4.78, 5) is 11.7. The minimum atomic E-state index is -0.689. The Bertz CT molecular complexity index is 904. The highest BCUT2D eigenvalue weighted by molar-refractivity contribution is 6.31. The number of aliphatic hydroxyl groups excluding tert-OH is 1. The number of benzene rings is 2. The second-order valence-corrected chi connectivity index (χ2v) is 5.43. The molecule has 3 aromatic rings. The van der Waals surface area contributed by atoms with Crippen LogP contribution in [0.1, 0.15) is 5.69 Å². The maximum absolute atomic E-state index is 11.7. The monoisotopic (exact) mass is 327 g/mol. The van der Waals surface area contributed by atoms with E-state index in [1.807, 2.05) is 54.6 Å². The van der Waals surface area contributed by atoms with Crippen molar-refractivity contribution in [3.63, 3.8) is 0 Å². The second-order valence-electron chi connectivity index (χ2n) is 5.05. The molecule has 2 aromatic carbocycles. The van der Waals surface area contributed by atoms with Crippen LogP contribution in [0.2, 0.25) is 5.02 Å². The quantitative estimate of drug-likeness (QED) is 0.775. The molecule has 0 aliphatic rings. The highest BCUT2D eigenvalue weighted by Gasteiger charge is 2.14. The molecule has 0 saturated carbocycles. The van der Waals surface area contributed by atoms with Gasteiger partial charge >= 0.3 is 0 Å². The van der Waals surface area contributed by atoms with E-state index in [4.69, 9.17) is 11.6 Å². The number of hydrogen-bond donors (Lipinski definition) is 2. The summed E-state index contributed by atoms with van der Waals surface area (Å²) in [5.74, 6) is -0.461. The summed E-state index contributed by atoms with van der Waals surface area (Å²) in [7, 11) is 0. The van der Waals surface area contributed by atoms with Gasteiger partial charge in [-0.2, -0.15) is 0 Å². The third-order valence-corrected chi connectivity index (χ3v) is 4.00.